The van der Waals surface area contributed by atoms with E-state index in [-0.39, 0.29) is 24.0 Å². The molecule has 2 aliphatic rings. The SMILES string of the molecule is CC(C)c1cnc(N2CCS(=O)(=O)CC2)c2cnc(Nc3ccnc(N4CC[C@@H](O)[C@@](C)(F)C4)n3)cc12. The van der Waals surface area contributed by atoms with Crippen molar-refractivity contribution in [3.05, 3.63) is 36.3 Å². The molecule has 0 amide bonds. The molecule has 37 heavy (non-hydrogen) atoms. The van der Waals surface area contributed by atoms with Crippen molar-refractivity contribution >= 4 is 44.0 Å². The lowest BCUT2D eigenvalue weighted by Gasteiger charge is -2.38. The molecule has 0 unspecified atom stereocenters. The zero-order valence-electron chi connectivity index (χ0n) is 21.2. The molecular weight excluding hydrogens is 497 g/mol. The Hall–Kier alpha value is -3.12. The normalized spacial score (nSPS) is 24.0. The number of halogens is 1. The topological polar surface area (TPSA) is 124 Å². The third-order valence-corrected chi connectivity index (χ3v) is 8.71. The minimum Gasteiger partial charge on any atom is -0.390 e. The van der Waals surface area contributed by atoms with E-state index < -0.39 is 21.6 Å². The summed E-state index contributed by atoms with van der Waals surface area (Å²) in [4.78, 5) is 21.9. The summed E-state index contributed by atoms with van der Waals surface area (Å²) in [5.41, 5.74) is -0.672. The summed E-state index contributed by atoms with van der Waals surface area (Å²) in [6.07, 6.45) is 4.53. The molecule has 0 radical (unpaired) electrons. The predicted molar refractivity (Wildman–Crippen MR) is 142 cm³/mol. The lowest BCUT2D eigenvalue weighted by molar-refractivity contribution is -0.00860. The van der Waals surface area contributed by atoms with Crippen molar-refractivity contribution < 1.29 is 17.9 Å². The minimum atomic E-state index is -3.00. The number of aliphatic hydroxyl groups excluding tert-OH is 1. The molecule has 0 saturated carbocycles. The summed E-state index contributed by atoms with van der Waals surface area (Å²) in [7, 11) is -3.00. The number of rotatable bonds is 5. The monoisotopic (exact) mass is 529 g/mol. The van der Waals surface area contributed by atoms with Crippen LogP contribution in [0.3, 0.4) is 0 Å². The van der Waals surface area contributed by atoms with Gasteiger partial charge >= 0.3 is 0 Å². The second kappa shape index (κ2) is 9.64. The zero-order valence-corrected chi connectivity index (χ0v) is 22.0. The van der Waals surface area contributed by atoms with Crippen LogP contribution in [0.25, 0.3) is 10.8 Å². The molecule has 5 rings (SSSR count). The van der Waals surface area contributed by atoms with Crippen molar-refractivity contribution in [1.29, 1.82) is 0 Å². The molecule has 2 fully saturated rings. The molecule has 0 aromatic carbocycles. The molecule has 2 saturated heterocycles. The highest BCUT2D eigenvalue weighted by molar-refractivity contribution is 7.91. The Morgan fingerprint density at radius 3 is 2.54 bits per heavy atom. The Morgan fingerprint density at radius 2 is 1.84 bits per heavy atom. The molecule has 12 heteroatoms. The Morgan fingerprint density at radius 1 is 1.08 bits per heavy atom. The molecule has 2 atom stereocenters. The van der Waals surface area contributed by atoms with Crippen LogP contribution in [0.15, 0.2) is 30.7 Å². The van der Waals surface area contributed by atoms with Crippen LogP contribution in [-0.4, -0.2) is 82.9 Å². The minimum absolute atomic E-state index is 0.0111. The number of nitrogens with zero attached hydrogens (tertiary/aromatic N) is 6. The molecule has 0 spiro atoms. The molecule has 198 valence electrons. The number of aliphatic hydroxyl groups is 1. The quantitative estimate of drug-likeness (QED) is 0.510. The van der Waals surface area contributed by atoms with Crippen LogP contribution in [0.2, 0.25) is 0 Å². The number of hydrogen-bond acceptors (Lipinski definition) is 10. The number of piperidine rings is 1. The van der Waals surface area contributed by atoms with Gasteiger partial charge in [-0.3, -0.25) is 0 Å². The van der Waals surface area contributed by atoms with E-state index in [1.807, 2.05) is 17.2 Å². The molecule has 2 N–H and O–H groups in total. The Labute approximate surface area is 215 Å². The lowest BCUT2D eigenvalue weighted by Crippen LogP contribution is -2.52. The smallest absolute Gasteiger partial charge is 0.227 e. The van der Waals surface area contributed by atoms with Crippen molar-refractivity contribution in [2.45, 2.75) is 44.9 Å². The third kappa shape index (κ3) is 5.30. The van der Waals surface area contributed by atoms with E-state index in [0.29, 0.717) is 43.6 Å². The van der Waals surface area contributed by atoms with E-state index in [4.69, 9.17) is 0 Å². The lowest BCUT2D eigenvalue weighted by atomic mass is 9.94. The van der Waals surface area contributed by atoms with Gasteiger partial charge in [0.1, 0.15) is 17.5 Å². The molecular formula is C25H32FN7O3S. The number of pyridine rings is 2. The summed E-state index contributed by atoms with van der Waals surface area (Å²) >= 11 is 0. The predicted octanol–water partition coefficient (Wildman–Crippen LogP) is 2.82. The van der Waals surface area contributed by atoms with E-state index in [0.717, 1.165) is 22.2 Å². The van der Waals surface area contributed by atoms with E-state index in [1.165, 1.54) is 6.92 Å². The van der Waals surface area contributed by atoms with E-state index in [2.05, 4.69) is 39.1 Å². The van der Waals surface area contributed by atoms with Crippen LogP contribution >= 0.6 is 0 Å². The van der Waals surface area contributed by atoms with Gasteiger partial charge in [0.25, 0.3) is 0 Å². The van der Waals surface area contributed by atoms with Crippen molar-refractivity contribution in [3.63, 3.8) is 0 Å². The van der Waals surface area contributed by atoms with Gasteiger partial charge < -0.3 is 20.2 Å². The van der Waals surface area contributed by atoms with Crippen LogP contribution < -0.4 is 15.1 Å². The molecule has 5 heterocycles. The highest BCUT2D eigenvalue weighted by Crippen LogP contribution is 2.33. The maximum Gasteiger partial charge on any atom is 0.227 e. The van der Waals surface area contributed by atoms with Gasteiger partial charge in [-0.25, -0.2) is 27.8 Å². The van der Waals surface area contributed by atoms with Gasteiger partial charge in [0.2, 0.25) is 5.95 Å². The fraction of sp³-hybridized carbons (Fsp3) is 0.520. The molecule has 0 bridgehead atoms. The van der Waals surface area contributed by atoms with Crippen molar-refractivity contribution in [2.75, 3.05) is 52.8 Å². The average Bonchev–Trinajstić information content (AvgIpc) is 2.85. The number of alkyl halides is 1. The average molecular weight is 530 g/mol. The Bertz CT molecular complexity index is 1400. The number of hydrogen-bond donors (Lipinski definition) is 2. The first-order valence-corrected chi connectivity index (χ1v) is 14.3. The first-order chi connectivity index (χ1) is 17.5. The number of sulfone groups is 1. The van der Waals surface area contributed by atoms with Crippen LogP contribution in [0, 0.1) is 0 Å². The summed E-state index contributed by atoms with van der Waals surface area (Å²) < 4.78 is 38.5. The van der Waals surface area contributed by atoms with Crippen LogP contribution in [-0.2, 0) is 9.84 Å². The number of nitrogens with one attached hydrogen (secondary N) is 1. The molecule has 3 aromatic heterocycles. The van der Waals surface area contributed by atoms with E-state index >= 15 is 0 Å². The van der Waals surface area contributed by atoms with Crippen LogP contribution in [0.4, 0.5) is 27.8 Å². The number of fused-ring (bicyclic) bond motifs is 1. The first kappa shape index (κ1) is 25.5. The van der Waals surface area contributed by atoms with Gasteiger partial charge in [-0.2, -0.15) is 4.98 Å². The number of anilines is 4. The summed E-state index contributed by atoms with van der Waals surface area (Å²) in [6.45, 7) is 6.87. The van der Waals surface area contributed by atoms with Gasteiger partial charge in [-0.05, 0) is 42.3 Å². The largest absolute Gasteiger partial charge is 0.390 e. The van der Waals surface area contributed by atoms with Crippen molar-refractivity contribution in [2.24, 2.45) is 0 Å². The highest BCUT2D eigenvalue weighted by atomic mass is 32.2. The standard InChI is InChI=1S/C25H32FN7O3S/c1-16(2)18-13-29-23(32-8-10-37(35,36)11-9-32)19-14-28-22(12-17(18)19)30-21-4-6-27-24(31-21)33-7-5-20(34)25(3,26)15-33/h4,6,12-14,16,20,34H,5,7-11,15H2,1-3H3,(H,27,28,30,31)/t20-,25+/m1/s1. The van der Waals surface area contributed by atoms with Gasteiger partial charge in [0, 0.05) is 43.6 Å². The van der Waals surface area contributed by atoms with E-state index in [1.54, 1.807) is 23.4 Å². The van der Waals surface area contributed by atoms with Crippen molar-refractivity contribution in [1.82, 2.24) is 19.9 Å². The van der Waals surface area contributed by atoms with Gasteiger partial charge in [-0.15, -0.1) is 0 Å². The maximum absolute atomic E-state index is 14.7. The summed E-state index contributed by atoms with van der Waals surface area (Å²) in [5, 5.41) is 15.0. The van der Waals surface area contributed by atoms with Gasteiger partial charge in [0.15, 0.2) is 15.5 Å². The Kier molecular flexibility index (Phi) is 6.65. The van der Waals surface area contributed by atoms with Gasteiger partial charge in [0.05, 0.1) is 24.2 Å². The first-order valence-electron chi connectivity index (χ1n) is 12.5. The Balaban J connectivity index is 1.43. The second-order valence-corrected chi connectivity index (χ2v) is 12.6. The zero-order chi connectivity index (χ0) is 26.4. The maximum atomic E-state index is 14.7. The number of aromatic nitrogens is 4. The molecule has 10 nitrogen and oxygen atoms in total. The van der Waals surface area contributed by atoms with Crippen molar-refractivity contribution in [3.8, 4) is 0 Å². The highest BCUT2D eigenvalue weighted by Gasteiger charge is 2.39. The second-order valence-electron chi connectivity index (χ2n) is 10.3. The fourth-order valence-electron chi connectivity index (χ4n) is 4.86. The molecule has 2 aliphatic heterocycles. The third-order valence-electron chi connectivity index (χ3n) is 7.10. The summed E-state index contributed by atoms with van der Waals surface area (Å²) in [6, 6.07) is 3.67. The van der Waals surface area contributed by atoms with Crippen LogP contribution in [0.1, 0.15) is 38.7 Å². The molecule has 3 aromatic rings. The summed E-state index contributed by atoms with van der Waals surface area (Å²) in [5.74, 6) is 2.67. The molecule has 0 aliphatic carbocycles. The van der Waals surface area contributed by atoms with E-state index in [9.17, 15) is 17.9 Å². The van der Waals surface area contributed by atoms with Crippen LogP contribution in [0.5, 0.6) is 0 Å². The fourth-order valence-corrected chi connectivity index (χ4v) is 6.06. The van der Waals surface area contributed by atoms with Gasteiger partial charge in [-0.1, -0.05) is 13.8 Å².